The van der Waals surface area contributed by atoms with Crippen LogP contribution >= 0.6 is 11.6 Å². The summed E-state index contributed by atoms with van der Waals surface area (Å²) in [6.45, 7) is 2.62. The second kappa shape index (κ2) is 8.50. The fourth-order valence-corrected chi connectivity index (χ4v) is 3.49. The molecule has 1 unspecified atom stereocenters. The molecule has 1 aliphatic rings. The number of likely N-dealkylation sites (tertiary alicyclic amines) is 1. The molecule has 1 aliphatic heterocycles. The van der Waals surface area contributed by atoms with E-state index in [4.69, 9.17) is 16.1 Å². The average molecular weight is 362 g/mol. The lowest BCUT2D eigenvalue weighted by Gasteiger charge is -2.29. The second-order valence-electron chi connectivity index (χ2n) is 6.77. The lowest BCUT2D eigenvalue weighted by atomic mass is 9.93. The van der Waals surface area contributed by atoms with Gasteiger partial charge in [-0.15, -0.1) is 0 Å². The average Bonchev–Trinajstić information content (AvgIpc) is 3.07. The maximum absolute atomic E-state index is 12.1. The number of hydrogen-bond donors (Lipinski definition) is 1. The summed E-state index contributed by atoms with van der Waals surface area (Å²) in [5.74, 6) is 1.33. The third-order valence-electron chi connectivity index (χ3n) is 4.64. The van der Waals surface area contributed by atoms with E-state index in [0.717, 1.165) is 24.2 Å². The van der Waals surface area contributed by atoms with Crippen LogP contribution in [0.2, 0.25) is 5.02 Å². The van der Waals surface area contributed by atoms with E-state index in [1.807, 2.05) is 30.3 Å². The molecule has 0 aliphatic carbocycles. The third kappa shape index (κ3) is 5.31. The van der Waals surface area contributed by atoms with Crippen molar-refractivity contribution >= 4 is 17.5 Å². The number of aromatic nitrogens is 1. The third-order valence-corrected chi connectivity index (χ3v) is 4.88. The van der Waals surface area contributed by atoms with Crippen molar-refractivity contribution in [2.24, 2.45) is 5.92 Å². The fraction of sp³-hybridized carbons (Fsp3) is 0.474. The van der Waals surface area contributed by atoms with Crippen molar-refractivity contribution in [2.75, 3.05) is 20.1 Å². The van der Waals surface area contributed by atoms with Crippen LogP contribution in [0.5, 0.6) is 0 Å². The highest BCUT2D eigenvalue weighted by Crippen LogP contribution is 2.22. The van der Waals surface area contributed by atoms with Crippen molar-refractivity contribution in [3.05, 3.63) is 41.1 Å². The van der Waals surface area contributed by atoms with Crippen LogP contribution in [0.3, 0.4) is 0 Å². The normalized spacial score (nSPS) is 18.2. The Kier molecular flexibility index (Phi) is 6.10. The Morgan fingerprint density at radius 3 is 3.12 bits per heavy atom. The van der Waals surface area contributed by atoms with Crippen molar-refractivity contribution in [2.45, 2.75) is 32.2 Å². The zero-order valence-corrected chi connectivity index (χ0v) is 15.3. The minimum absolute atomic E-state index is 0.0638. The SMILES string of the molecule is CN1CCCC(CCC(=O)NCc2cc(-c3cccc(Cl)c3)no2)C1. The number of carbonyl (C=O) groups is 1. The predicted molar refractivity (Wildman–Crippen MR) is 98.3 cm³/mol. The molecule has 1 fully saturated rings. The summed E-state index contributed by atoms with van der Waals surface area (Å²) in [5.41, 5.74) is 1.62. The topological polar surface area (TPSA) is 58.4 Å². The van der Waals surface area contributed by atoms with Gasteiger partial charge in [0.15, 0.2) is 5.76 Å². The quantitative estimate of drug-likeness (QED) is 0.851. The van der Waals surface area contributed by atoms with Gasteiger partial charge in [0, 0.05) is 29.6 Å². The number of nitrogens with zero attached hydrogens (tertiary/aromatic N) is 2. The van der Waals surface area contributed by atoms with Gasteiger partial charge in [0.05, 0.1) is 6.54 Å². The molecule has 134 valence electrons. The number of halogens is 1. The van der Waals surface area contributed by atoms with Gasteiger partial charge in [-0.1, -0.05) is 28.9 Å². The zero-order chi connectivity index (χ0) is 17.6. The van der Waals surface area contributed by atoms with Crippen molar-refractivity contribution < 1.29 is 9.32 Å². The summed E-state index contributed by atoms with van der Waals surface area (Å²) in [6.07, 6.45) is 3.96. The van der Waals surface area contributed by atoms with Gasteiger partial charge >= 0.3 is 0 Å². The number of amides is 1. The van der Waals surface area contributed by atoms with E-state index in [1.165, 1.54) is 19.4 Å². The number of benzene rings is 1. The van der Waals surface area contributed by atoms with Crippen molar-refractivity contribution in [3.63, 3.8) is 0 Å². The Hall–Kier alpha value is -1.85. The van der Waals surface area contributed by atoms with E-state index in [1.54, 1.807) is 0 Å². The monoisotopic (exact) mass is 361 g/mol. The molecule has 25 heavy (non-hydrogen) atoms. The summed E-state index contributed by atoms with van der Waals surface area (Å²) in [5, 5.41) is 7.61. The van der Waals surface area contributed by atoms with E-state index < -0.39 is 0 Å². The van der Waals surface area contributed by atoms with Gasteiger partial charge in [0.1, 0.15) is 5.69 Å². The van der Waals surface area contributed by atoms with Gasteiger partial charge in [-0.3, -0.25) is 4.79 Å². The summed E-state index contributed by atoms with van der Waals surface area (Å²) in [6, 6.07) is 9.28. The first-order valence-electron chi connectivity index (χ1n) is 8.77. The van der Waals surface area contributed by atoms with E-state index in [0.29, 0.717) is 29.7 Å². The number of hydrogen-bond acceptors (Lipinski definition) is 4. The lowest BCUT2D eigenvalue weighted by Crippen LogP contribution is -2.33. The highest BCUT2D eigenvalue weighted by atomic mass is 35.5. The van der Waals surface area contributed by atoms with Gasteiger partial charge in [-0.2, -0.15) is 0 Å². The number of rotatable bonds is 6. The number of nitrogens with one attached hydrogen (secondary N) is 1. The van der Waals surface area contributed by atoms with E-state index in [2.05, 4.69) is 22.4 Å². The van der Waals surface area contributed by atoms with Crippen LogP contribution in [0.1, 0.15) is 31.4 Å². The second-order valence-corrected chi connectivity index (χ2v) is 7.21. The standard InChI is InChI=1S/C19H24ClN3O2/c1-23-9-3-4-14(13-23)7-8-19(24)21-12-17-11-18(22-25-17)15-5-2-6-16(20)10-15/h2,5-6,10-11,14H,3-4,7-9,12-13H2,1H3,(H,21,24). The summed E-state index contributed by atoms with van der Waals surface area (Å²) < 4.78 is 5.30. The Labute approximate surface area is 153 Å². The highest BCUT2D eigenvalue weighted by molar-refractivity contribution is 6.30. The van der Waals surface area contributed by atoms with Gasteiger partial charge in [-0.25, -0.2) is 0 Å². The molecule has 5 nitrogen and oxygen atoms in total. The minimum Gasteiger partial charge on any atom is -0.359 e. The molecule has 1 N–H and O–H groups in total. The highest BCUT2D eigenvalue weighted by Gasteiger charge is 2.18. The van der Waals surface area contributed by atoms with E-state index >= 15 is 0 Å². The Morgan fingerprint density at radius 2 is 2.32 bits per heavy atom. The molecule has 0 radical (unpaired) electrons. The molecule has 0 saturated carbocycles. The molecule has 2 aromatic rings. The van der Waals surface area contributed by atoms with Gasteiger partial charge in [-0.05, 0) is 50.9 Å². The molecule has 1 saturated heterocycles. The van der Waals surface area contributed by atoms with E-state index in [-0.39, 0.29) is 5.91 Å². The van der Waals surface area contributed by atoms with Crippen LogP contribution in [0.4, 0.5) is 0 Å². The largest absolute Gasteiger partial charge is 0.359 e. The smallest absolute Gasteiger partial charge is 0.220 e. The molecule has 1 atom stereocenters. The summed E-state index contributed by atoms with van der Waals surface area (Å²) in [7, 11) is 2.15. The van der Waals surface area contributed by atoms with Crippen LogP contribution in [-0.4, -0.2) is 36.1 Å². The first kappa shape index (κ1) is 18.0. The molecule has 0 spiro atoms. The summed E-state index contributed by atoms with van der Waals surface area (Å²) >= 11 is 5.99. The Morgan fingerprint density at radius 1 is 1.44 bits per heavy atom. The molecular formula is C19H24ClN3O2. The molecule has 0 bridgehead atoms. The maximum atomic E-state index is 12.1. The number of carbonyl (C=O) groups excluding carboxylic acids is 1. The minimum atomic E-state index is 0.0638. The molecule has 2 heterocycles. The number of piperidine rings is 1. The Bertz CT molecular complexity index is 716. The predicted octanol–water partition coefficient (Wildman–Crippen LogP) is 3.73. The van der Waals surface area contributed by atoms with Gasteiger partial charge < -0.3 is 14.7 Å². The van der Waals surface area contributed by atoms with Crippen molar-refractivity contribution in [1.82, 2.24) is 15.4 Å². The van der Waals surface area contributed by atoms with Gasteiger partial charge in [0.2, 0.25) is 5.91 Å². The van der Waals surface area contributed by atoms with Crippen molar-refractivity contribution in [3.8, 4) is 11.3 Å². The first-order chi connectivity index (χ1) is 12.1. The molecule has 1 amide bonds. The lowest BCUT2D eigenvalue weighted by molar-refractivity contribution is -0.121. The van der Waals surface area contributed by atoms with Crippen molar-refractivity contribution in [1.29, 1.82) is 0 Å². The van der Waals surface area contributed by atoms with Crippen LogP contribution in [-0.2, 0) is 11.3 Å². The fourth-order valence-electron chi connectivity index (χ4n) is 3.30. The van der Waals surface area contributed by atoms with Crippen LogP contribution in [0.15, 0.2) is 34.9 Å². The molecule has 3 rings (SSSR count). The van der Waals surface area contributed by atoms with Crippen LogP contribution in [0, 0.1) is 5.92 Å². The molecule has 6 heteroatoms. The summed E-state index contributed by atoms with van der Waals surface area (Å²) in [4.78, 5) is 14.4. The molecule has 1 aromatic heterocycles. The van der Waals surface area contributed by atoms with Crippen LogP contribution < -0.4 is 5.32 Å². The van der Waals surface area contributed by atoms with Crippen LogP contribution in [0.25, 0.3) is 11.3 Å². The zero-order valence-electron chi connectivity index (χ0n) is 14.5. The maximum Gasteiger partial charge on any atom is 0.220 e. The molecular weight excluding hydrogens is 338 g/mol. The molecule has 1 aromatic carbocycles. The first-order valence-corrected chi connectivity index (χ1v) is 9.15. The Balaban J connectivity index is 1.45. The van der Waals surface area contributed by atoms with E-state index in [9.17, 15) is 4.79 Å². The van der Waals surface area contributed by atoms with Gasteiger partial charge in [0.25, 0.3) is 0 Å².